The van der Waals surface area contributed by atoms with Gasteiger partial charge in [-0.1, -0.05) is 12.8 Å². The fourth-order valence-electron chi connectivity index (χ4n) is 4.23. The van der Waals surface area contributed by atoms with E-state index in [9.17, 15) is 4.79 Å². The van der Waals surface area contributed by atoms with Crippen LogP contribution in [0, 0.1) is 5.92 Å². The topological polar surface area (TPSA) is 75.9 Å². The molecule has 3 heterocycles. The zero-order valence-corrected chi connectivity index (χ0v) is 15.0. The summed E-state index contributed by atoms with van der Waals surface area (Å²) >= 11 is 0. The SMILES string of the molecule is O=C(NCC[C@@H]1CN(CC2CCCC2)Cc2ccnn21)c1cnccn1. The smallest absolute Gasteiger partial charge is 0.271 e. The minimum Gasteiger partial charge on any atom is -0.351 e. The average molecular weight is 354 g/mol. The second-order valence-electron chi connectivity index (χ2n) is 7.40. The number of amides is 1. The Hall–Kier alpha value is -2.28. The number of fused-ring (bicyclic) bond motifs is 1. The van der Waals surface area contributed by atoms with Crippen LogP contribution in [-0.4, -0.2) is 50.2 Å². The molecule has 1 aliphatic carbocycles. The van der Waals surface area contributed by atoms with E-state index in [1.807, 2.05) is 6.20 Å². The molecule has 1 aliphatic heterocycles. The maximum atomic E-state index is 12.1. The second kappa shape index (κ2) is 7.95. The van der Waals surface area contributed by atoms with Crippen molar-refractivity contribution in [2.75, 3.05) is 19.6 Å². The lowest BCUT2D eigenvalue weighted by Crippen LogP contribution is -2.41. The molecule has 0 radical (unpaired) electrons. The third-order valence-electron chi connectivity index (χ3n) is 5.50. The molecule has 1 amide bonds. The molecule has 2 aliphatic rings. The van der Waals surface area contributed by atoms with E-state index in [1.54, 1.807) is 6.20 Å². The first-order chi connectivity index (χ1) is 12.8. The van der Waals surface area contributed by atoms with Crippen LogP contribution in [0.25, 0.3) is 0 Å². The van der Waals surface area contributed by atoms with E-state index in [-0.39, 0.29) is 5.91 Å². The number of carbonyl (C=O) groups is 1. The first-order valence-corrected chi connectivity index (χ1v) is 9.58. The summed E-state index contributed by atoms with van der Waals surface area (Å²) < 4.78 is 2.14. The monoisotopic (exact) mass is 354 g/mol. The molecule has 1 fully saturated rings. The summed E-state index contributed by atoms with van der Waals surface area (Å²) in [7, 11) is 0. The van der Waals surface area contributed by atoms with Crippen molar-refractivity contribution in [3.63, 3.8) is 0 Å². The van der Waals surface area contributed by atoms with Crippen molar-refractivity contribution in [1.82, 2.24) is 30.0 Å². The fourth-order valence-corrected chi connectivity index (χ4v) is 4.23. The Bertz CT molecular complexity index is 725. The van der Waals surface area contributed by atoms with Crippen LogP contribution in [0.3, 0.4) is 0 Å². The Balaban J connectivity index is 1.33. The largest absolute Gasteiger partial charge is 0.351 e. The van der Waals surface area contributed by atoms with Crippen LogP contribution in [0.1, 0.15) is 54.3 Å². The lowest BCUT2D eigenvalue weighted by atomic mass is 10.0. The van der Waals surface area contributed by atoms with Gasteiger partial charge in [-0.2, -0.15) is 5.10 Å². The van der Waals surface area contributed by atoms with Crippen molar-refractivity contribution in [3.8, 4) is 0 Å². The molecular weight excluding hydrogens is 328 g/mol. The van der Waals surface area contributed by atoms with Crippen molar-refractivity contribution < 1.29 is 4.79 Å². The lowest BCUT2D eigenvalue weighted by Gasteiger charge is -2.35. The van der Waals surface area contributed by atoms with E-state index in [0.717, 1.165) is 25.4 Å². The van der Waals surface area contributed by atoms with E-state index >= 15 is 0 Å². The van der Waals surface area contributed by atoms with Gasteiger partial charge in [0.15, 0.2) is 0 Å². The number of carbonyl (C=O) groups excluding carboxylic acids is 1. The molecule has 2 aromatic rings. The summed E-state index contributed by atoms with van der Waals surface area (Å²) in [5.74, 6) is 0.680. The Morgan fingerprint density at radius 2 is 2.12 bits per heavy atom. The molecule has 2 aromatic heterocycles. The predicted molar refractivity (Wildman–Crippen MR) is 97.5 cm³/mol. The van der Waals surface area contributed by atoms with Crippen molar-refractivity contribution >= 4 is 5.91 Å². The van der Waals surface area contributed by atoms with Gasteiger partial charge >= 0.3 is 0 Å². The Morgan fingerprint density at radius 1 is 1.23 bits per heavy atom. The van der Waals surface area contributed by atoms with Gasteiger partial charge in [0.2, 0.25) is 0 Å². The van der Waals surface area contributed by atoms with Gasteiger partial charge in [-0.15, -0.1) is 0 Å². The van der Waals surface area contributed by atoms with Crippen LogP contribution in [0.2, 0.25) is 0 Å². The predicted octanol–water partition coefficient (Wildman–Crippen LogP) is 2.04. The maximum absolute atomic E-state index is 12.1. The molecule has 0 aromatic carbocycles. The van der Waals surface area contributed by atoms with Crippen LogP contribution in [-0.2, 0) is 6.54 Å². The fraction of sp³-hybridized carbons (Fsp3) is 0.579. The zero-order valence-electron chi connectivity index (χ0n) is 15.0. The summed E-state index contributed by atoms with van der Waals surface area (Å²) in [4.78, 5) is 22.7. The number of aromatic nitrogens is 4. The van der Waals surface area contributed by atoms with E-state index in [4.69, 9.17) is 0 Å². The number of rotatable bonds is 6. The first kappa shape index (κ1) is 17.1. The molecule has 0 bridgehead atoms. The summed E-state index contributed by atoms with van der Waals surface area (Å²) in [5.41, 5.74) is 1.64. The van der Waals surface area contributed by atoms with Gasteiger partial charge in [0.25, 0.3) is 5.91 Å². The second-order valence-corrected chi connectivity index (χ2v) is 7.40. The highest BCUT2D eigenvalue weighted by molar-refractivity contribution is 5.91. The maximum Gasteiger partial charge on any atom is 0.271 e. The van der Waals surface area contributed by atoms with Gasteiger partial charge in [-0.25, -0.2) is 4.98 Å². The number of nitrogens with one attached hydrogen (secondary N) is 1. The van der Waals surface area contributed by atoms with Gasteiger partial charge in [0.1, 0.15) is 5.69 Å². The summed E-state index contributed by atoms with van der Waals surface area (Å²) in [6, 6.07) is 2.42. The molecule has 0 saturated heterocycles. The number of hydrogen-bond acceptors (Lipinski definition) is 5. The van der Waals surface area contributed by atoms with Gasteiger partial charge < -0.3 is 5.32 Å². The Kier molecular flexibility index (Phi) is 5.24. The third-order valence-corrected chi connectivity index (χ3v) is 5.50. The highest BCUT2D eigenvalue weighted by Gasteiger charge is 2.27. The molecule has 1 N–H and O–H groups in total. The van der Waals surface area contributed by atoms with Crippen molar-refractivity contribution in [2.24, 2.45) is 5.92 Å². The van der Waals surface area contributed by atoms with Gasteiger partial charge in [0.05, 0.1) is 17.9 Å². The standard InChI is InChI=1S/C19H26N6O/c26-19(18-11-20-9-10-21-18)22-7-5-16-13-24(12-15-3-1-2-4-15)14-17-6-8-23-25(16)17/h6,8-11,15-16H,1-5,7,12-14H2,(H,22,26)/t16-/m1/s1. The van der Waals surface area contributed by atoms with E-state index in [1.165, 1.54) is 50.3 Å². The summed E-state index contributed by atoms with van der Waals surface area (Å²) in [6.07, 6.45) is 12.8. The van der Waals surface area contributed by atoms with Crippen LogP contribution < -0.4 is 5.32 Å². The number of nitrogens with zero attached hydrogens (tertiary/aromatic N) is 5. The van der Waals surface area contributed by atoms with Crippen LogP contribution in [0.15, 0.2) is 30.9 Å². The first-order valence-electron chi connectivity index (χ1n) is 9.58. The molecular formula is C19H26N6O. The van der Waals surface area contributed by atoms with Crippen molar-refractivity contribution in [1.29, 1.82) is 0 Å². The quantitative estimate of drug-likeness (QED) is 0.859. The molecule has 26 heavy (non-hydrogen) atoms. The molecule has 7 nitrogen and oxygen atoms in total. The normalized spacial score (nSPS) is 20.8. The highest BCUT2D eigenvalue weighted by Crippen LogP contribution is 2.29. The van der Waals surface area contributed by atoms with Crippen LogP contribution in [0.5, 0.6) is 0 Å². The summed E-state index contributed by atoms with van der Waals surface area (Å²) in [6.45, 7) is 3.79. The molecule has 138 valence electrons. The molecule has 0 unspecified atom stereocenters. The van der Waals surface area contributed by atoms with Gasteiger partial charge in [0, 0.05) is 44.8 Å². The van der Waals surface area contributed by atoms with Crippen LogP contribution in [0.4, 0.5) is 0 Å². The van der Waals surface area contributed by atoms with E-state index < -0.39 is 0 Å². The minimum absolute atomic E-state index is 0.169. The summed E-state index contributed by atoms with van der Waals surface area (Å²) in [5, 5.41) is 7.47. The van der Waals surface area contributed by atoms with Gasteiger partial charge in [-0.3, -0.25) is 19.4 Å². The molecule has 1 atom stereocenters. The third kappa shape index (κ3) is 3.93. The van der Waals surface area contributed by atoms with Gasteiger partial charge in [-0.05, 0) is 31.2 Å². The highest BCUT2D eigenvalue weighted by atomic mass is 16.1. The minimum atomic E-state index is -0.169. The van der Waals surface area contributed by atoms with Crippen LogP contribution >= 0.6 is 0 Å². The van der Waals surface area contributed by atoms with E-state index in [2.05, 4.69) is 36.0 Å². The number of hydrogen-bond donors (Lipinski definition) is 1. The molecule has 1 saturated carbocycles. The van der Waals surface area contributed by atoms with Crippen molar-refractivity contribution in [3.05, 3.63) is 42.2 Å². The van der Waals surface area contributed by atoms with E-state index in [0.29, 0.717) is 18.3 Å². The average Bonchev–Trinajstić information content (AvgIpc) is 3.34. The Morgan fingerprint density at radius 3 is 2.92 bits per heavy atom. The molecule has 4 rings (SSSR count). The molecule has 7 heteroatoms. The van der Waals surface area contributed by atoms with Crippen molar-refractivity contribution in [2.45, 2.75) is 44.7 Å². The molecule has 0 spiro atoms. The lowest BCUT2D eigenvalue weighted by molar-refractivity contribution is 0.0940. The Labute approximate surface area is 153 Å². The zero-order chi connectivity index (χ0) is 17.8.